The Balaban J connectivity index is 1.57. The Kier molecular flexibility index (Phi) is 3.93. The van der Waals surface area contributed by atoms with Crippen LogP contribution in [0.3, 0.4) is 0 Å². The van der Waals surface area contributed by atoms with E-state index < -0.39 is 6.04 Å². The minimum atomic E-state index is -0.642. The molecule has 8 heteroatoms. The zero-order chi connectivity index (χ0) is 16.7. The largest absolute Gasteiger partial charge is 0.337 e. The molecule has 0 radical (unpaired) electrons. The molecule has 2 fully saturated rings. The SMILES string of the molecule is O=C1Nc2ccccc2C(=O)N2CCN(C(=O)C3CSCN3)CC12. The van der Waals surface area contributed by atoms with Crippen molar-refractivity contribution in [1.82, 2.24) is 15.1 Å². The lowest BCUT2D eigenvalue weighted by Gasteiger charge is -2.40. The third-order valence-electron chi connectivity index (χ3n) is 4.69. The molecule has 126 valence electrons. The van der Waals surface area contributed by atoms with Crippen molar-refractivity contribution in [1.29, 1.82) is 0 Å². The summed E-state index contributed by atoms with van der Waals surface area (Å²) in [4.78, 5) is 41.2. The zero-order valence-electron chi connectivity index (χ0n) is 13.0. The summed E-state index contributed by atoms with van der Waals surface area (Å²) in [5.74, 6) is 1.14. The van der Waals surface area contributed by atoms with E-state index >= 15 is 0 Å². The van der Waals surface area contributed by atoms with E-state index in [-0.39, 0.29) is 30.3 Å². The summed E-state index contributed by atoms with van der Waals surface area (Å²) < 4.78 is 0. The van der Waals surface area contributed by atoms with Gasteiger partial charge in [0, 0.05) is 24.7 Å². The lowest BCUT2D eigenvalue weighted by Crippen LogP contribution is -2.61. The topological polar surface area (TPSA) is 81.8 Å². The Morgan fingerprint density at radius 1 is 1.21 bits per heavy atom. The fourth-order valence-corrected chi connectivity index (χ4v) is 4.31. The van der Waals surface area contributed by atoms with Crippen LogP contribution in [-0.4, -0.2) is 70.9 Å². The molecule has 0 aliphatic carbocycles. The number of piperazine rings is 1. The van der Waals surface area contributed by atoms with E-state index in [1.54, 1.807) is 45.8 Å². The minimum absolute atomic E-state index is 0.0154. The maximum Gasteiger partial charge on any atom is 0.256 e. The van der Waals surface area contributed by atoms with E-state index in [1.807, 2.05) is 0 Å². The third-order valence-corrected chi connectivity index (χ3v) is 5.63. The van der Waals surface area contributed by atoms with Crippen LogP contribution in [0.25, 0.3) is 0 Å². The Morgan fingerprint density at radius 2 is 2.04 bits per heavy atom. The number of carbonyl (C=O) groups excluding carboxylic acids is 3. The predicted octanol–water partition coefficient (Wildman–Crippen LogP) is -0.0458. The number of nitrogens with zero attached hydrogens (tertiary/aromatic N) is 2. The molecule has 3 aliphatic heterocycles. The highest BCUT2D eigenvalue weighted by Gasteiger charge is 2.41. The van der Waals surface area contributed by atoms with Crippen molar-refractivity contribution in [2.24, 2.45) is 0 Å². The number of anilines is 1. The number of rotatable bonds is 1. The Hall–Kier alpha value is -2.06. The van der Waals surface area contributed by atoms with Gasteiger partial charge in [-0.15, -0.1) is 11.8 Å². The summed E-state index contributed by atoms with van der Waals surface area (Å²) >= 11 is 1.69. The van der Waals surface area contributed by atoms with Crippen LogP contribution in [0.15, 0.2) is 24.3 Å². The number of nitrogens with one attached hydrogen (secondary N) is 2. The molecule has 1 aromatic carbocycles. The van der Waals surface area contributed by atoms with Crippen molar-refractivity contribution in [3.05, 3.63) is 29.8 Å². The number of thioether (sulfide) groups is 1. The highest BCUT2D eigenvalue weighted by atomic mass is 32.2. The first kappa shape index (κ1) is 15.5. The van der Waals surface area contributed by atoms with Gasteiger partial charge in [0.2, 0.25) is 11.8 Å². The zero-order valence-corrected chi connectivity index (χ0v) is 13.8. The number of benzene rings is 1. The van der Waals surface area contributed by atoms with Crippen LogP contribution < -0.4 is 10.6 Å². The maximum atomic E-state index is 12.8. The van der Waals surface area contributed by atoms with Crippen LogP contribution in [0, 0.1) is 0 Å². The standard InChI is InChI=1S/C16H18N4O3S/c21-14-13-7-19(16(23)12-8-24-9-17-12)5-6-20(13)15(22)10-3-1-2-4-11(10)18-14/h1-4,12-13,17H,5-9H2,(H,18,21). The Labute approximate surface area is 143 Å². The van der Waals surface area contributed by atoms with E-state index in [1.165, 1.54) is 0 Å². The van der Waals surface area contributed by atoms with Gasteiger partial charge < -0.3 is 15.1 Å². The summed E-state index contributed by atoms with van der Waals surface area (Å²) in [6.07, 6.45) is 0. The minimum Gasteiger partial charge on any atom is -0.337 e. The van der Waals surface area contributed by atoms with Gasteiger partial charge in [0.1, 0.15) is 6.04 Å². The van der Waals surface area contributed by atoms with Crippen molar-refractivity contribution in [2.75, 3.05) is 36.6 Å². The second kappa shape index (κ2) is 6.10. The van der Waals surface area contributed by atoms with Crippen LogP contribution in [-0.2, 0) is 9.59 Å². The second-order valence-corrected chi connectivity index (χ2v) is 7.14. The lowest BCUT2D eigenvalue weighted by molar-refractivity contribution is -0.137. The highest BCUT2D eigenvalue weighted by Crippen LogP contribution is 2.25. The molecule has 24 heavy (non-hydrogen) atoms. The normalized spacial score (nSPS) is 26.5. The molecule has 3 heterocycles. The molecule has 2 atom stereocenters. The molecule has 2 saturated heterocycles. The first-order chi connectivity index (χ1) is 11.6. The van der Waals surface area contributed by atoms with E-state index in [4.69, 9.17) is 0 Å². The molecule has 0 spiro atoms. The van der Waals surface area contributed by atoms with Gasteiger partial charge in [-0.05, 0) is 12.1 Å². The van der Waals surface area contributed by atoms with Crippen molar-refractivity contribution >= 4 is 35.2 Å². The molecule has 4 rings (SSSR count). The molecule has 2 unspecified atom stereocenters. The van der Waals surface area contributed by atoms with Crippen molar-refractivity contribution in [3.8, 4) is 0 Å². The summed E-state index contributed by atoms with van der Waals surface area (Å²) in [6, 6.07) is 6.19. The van der Waals surface area contributed by atoms with Crippen LogP contribution in [0.2, 0.25) is 0 Å². The first-order valence-electron chi connectivity index (χ1n) is 7.96. The van der Waals surface area contributed by atoms with E-state index in [9.17, 15) is 14.4 Å². The molecule has 2 N–H and O–H groups in total. The molecule has 1 aromatic rings. The number of hydrogen-bond donors (Lipinski definition) is 2. The van der Waals surface area contributed by atoms with Gasteiger partial charge in [0.05, 0.1) is 23.8 Å². The number of fused-ring (bicyclic) bond motifs is 2. The van der Waals surface area contributed by atoms with Crippen LogP contribution in [0.5, 0.6) is 0 Å². The van der Waals surface area contributed by atoms with Gasteiger partial charge in [-0.25, -0.2) is 0 Å². The summed E-state index contributed by atoms with van der Waals surface area (Å²) in [5.41, 5.74) is 1.04. The fraction of sp³-hybridized carbons (Fsp3) is 0.438. The first-order valence-corrected chi connectivity index (χ1v) is 9.11. The lowest BCUT2D eigenvalue weighted by atomic mass is 10.1. The van der Waals surface area contributed by atoms with Gasteiger partial charge in [0.15, 0.2) is 0 Å². The van der Waals surface area contributed by atoms with Crippen molar-refractivity contribution in [2.45, 2.75) is 12.1 Å². The van der Waals surface area contributed by atoms with Crippen LogP contribution >= 0.6 is 11.8 Å². The molecule has 3 aliphatic rings. The highest BCUT2D eigenvalue weighted by molar-refractivity contribution is 7.99. The Morgan fingerprint density at radius 3 is 2.83 bits per heavy atom. The van der Waals surface area contributed by atoms with Gasteiger partial charge in [0.25, 0.3) is 5.91 Å². The number of carbonyl (C=O) groups is 3. The predicted molar refractivity (Wildman–Crippen MR) is 90.7 cm³/mol. The van der Waals surface area contributed by atoms with Crippen LogP contribution in [0.1, 0.15) is 10.4 Å². The Bertz CT molecular complexity index is 704. The van der Waals surface area contributed by atoms with Gasteiger partial charge in [-0.3, -0.25) is 19.7 Å². The quantitative estimate of drug-likeness (QED) is 0.745. The second-order valence-electron chi connectivity index (χ2n) is 6.11. The summed E-state index contributed by atoms with van der Waals surface area (Å²) in [5, 5.41) is 5.98. The average molecular weight is 346 g/mol. The number of para-hydroxylation sites is 1. The van der Waals surface area contributed by atoms with E-state index in [0.29, 0.717) is 24.3 Å². The van der Waals surface area contributed by atoms with E-state index in [0.717, 1.165) is 11.6 Å². The monoisotopic (exact) mass is 346 g/mol. The maximum absolute atomic E-state index is 12.8. The van der Waals surface area contributed by atoms with Gasteiger partial charge in [-0.1, -0.05) is 12.1 Å². The molecule has 7 nitrogen and oxygen atoms in total. The molecule has 3 amide bonds. The van der Waals surface area contributed by atoms with Gasteiger partial charge >= 0.3 is 0 Å². The number of hydrogen-bond acceptors (Lipinski definition) is 5. The fourth-order valence-electron chi connectivity index (χ4n) is 3.37. The third kappa shape index (κ3) is 2.55. The molecule has 0 aromatic heterocycles. The molecular weight excluding hydrogens is 328 g/mol. The molecule has 0 saturated carbocycles. The average Bonchev–Trinajstić information content (AvgIpc) is 3.12. The van der Waals surface area contributed by atoms with E-state index in [2.05, 4.69) is 10.6 Å². The molecule has 0 bridgehead atoms. The van der Waals surface area contributed by atoms with Crippen molar-refractivity contribution < 1.29 is 14.4 Å². The molecular formula is C16H18N4O3S. The smallest absolute Gasteiger partial charge is 0.256 e. The van der Waals surface area contributed by atoms with Crippen LogP contribution in [0.4, 0.5) is 5.69 Å². The number of amides is 3. The summed E-state index contributed by atoms with van der Waals surface area (Å²) in [7, 11) is 0. The summed E-state index contributed by atoms with van der Waals surface area (Å²) in [6.45, 7) is 1.07. The van der Waals surface area contributed by atoms with Crippen molar-refractivity contribution in [3.63, 3.8) is 0 Å². The van der Waals surface area contributed by atoms with Gasteiger partial charge in [-0.2, -0.15) is 0 Å².